The Morgan fingerprint density at radius 2 is 1.37 bits per heavy atom. The molecule has 156 valence electrons. The van der Waals surface area contributed by atoms with Gasteiger partial charge in [0.15, 0.2) is 0 Å². The largest absolute Gasteiger partial charge is 0.523 e. The molecule has 0 fully saturated rings. The van der Waals surface area contributed by atoms with Crippen LogP contribution in [-0.4, -0.2) is 43.3 Å². The Balaban J connectivity index is 1.66. The summed E-state index contributed by atoms with van der Waals surface area (Å²) in [5.41, 5.74) is -5.38. The first-order valence-electron chi connectivity index (χ1n) is 8.80. The van der Waals surface area contributed by atoms with Crippen LogP contribution in [0, 0.1) is 0 Å². The number of benzene rings is 3. The van der Waals surface area contributed by atoms with E-state index >= 15 is 0 Å². The summed E-state index contributed by atoms with van der Waals surface area (Å²) < 4.78 is 63.9. The molecule has 1 aliphatic rings. The van der Waals surface area contributed by atoms with Crippen LogP contribution in [-0.2, 0) is 14.3 Å². The molecule has 0 bridgehead atoms. The van der Waals surface area contributed by atoms with Gasteiger partial charge in [0.1, 0.15) is 0 Å². The highest BCUT2D eigenvalue weighted by Gasteiger charge is 2.48. The second-order valence-corrected chi connectivity index (χ2v) is 8.54. The van der Waals surface area contributed by atoms with E-state index in [9.17, 15) is 31.2 Å². The minimum absolute atomic E-state index is 0.105. The summed E-state index contributed by atoms with van der Waals surface area (Å²) in [6.45, 7) is 0.399. The van der Waals surface area contributed by atoms with Crippen molar-refractivity contribution in [1.29, 1.82) is 0 Å². The summed E-state index contributed by atoms with van der Waals surface area (Å²) >= 11 is 0. The number of rotatable bonds is 4. The molecule has 0 saturated carbocycles. The van der Waals surface area contributed by atoms with Crippen LogP contribution >= 0.6 is 0 Å². The third-order valence-corrected chi connectivity index (χ3v) is 5.96. The Kier molecular flexibility index (Phi) is 4.59. The number of halogens is 3. The van der Waals surface area contributed by atoms with Crippen molar-refractivity contribution in [3.05, 3.63) is 59.7 Å². The molecule has 0 radical (unpaired) electrons. The first kappa shape index (κ1) is 20.3. The predicted molar refractivity (Wildman–Crippen MR) is 102 cm³/mol. The Morgan fingerprint density at radius 3 is 1.80 bits per heavy atom. The first-order valence-corrected chi connectivity index (χ1v) is 10.2. The van der Waals surface area contributed by atoms with Crippen LogP contribution < -0.4 is 0 Å². The van der Waals surface area contributed by atoms with Crippen LogP contribution in [0.4, 0.5) is 13.2 Å². The molecule has 3 aromatic rings. The number of hydrogen-bond donors (Lipinski definition) is 0. The molecule has 1 unspecified atom stereocenters. The quantitative estimate of drug-likeness (QED) is 0.268. The molecule has 2 amide bonds. The number of hydrogen-bond acceptors (Lipinski definition) is 5. The monoisotopic (exact) mass is 437 g/mol. The van der Waals surface area contributed by atoms with Gasteiger partial charge >= 0.3 is 15.6 Å². The van der Waals surface area contributed by atoms with E-state index in [1.807, 2.05) is 36.4 Å². The summed E-state index contributed by atoms with van der Waals surface area (Å²) in [6.07, 6.45) is -1.57. The number of carbonyl (C=O) groups excluding carboxylic acids is 2. The Labute approximate surface area is 169 Å². The molecule has 10 heteroatoms. The highest BCUT2D eigenvalue weighted by atomic mass is 32.2. The van der Waals surface area contributed by atoms with Crippen molar-refractivity contribution in [2.75, 3.05) is 6.54 Å². The summed E-state index contributed by atoms with van der Waals surface area (Å²) in [5, 5.41) is 3.33. The summed E-state index contributed by atoms with van der Waals surface area (Å²) in [7, 11) is -5.84. The van der Waals surface area contributed by atoms with Crippen LogP contribution in [0.5, 0.6) is 0 Å². The second-order valence-electron chi connectivity index (χ2n) is 6.97. The highest BCUT2D eigenvalue weighted by molar-refractivity contribution is 7.87. The fourth-order valence-corrected chi connectivity index (χ4v) is 4.06. The van der Waals surface area contributed by atoms with Gasteiger partial charge in [-0.2, -0.15) is 21.6 Å². The summed E-state index contributed by atoms with van der Waals surface area (Å²) in [6, 6.07) is 14.4. The minimum atomic E-state index is -5.84. The Hall–Kier alpha value is -2.98. The van der Waals surface area contributed by atoms with Crippen molar-refractivity contribution in [1.82, 2.24) is 4.90 Å². The maximum absolute atomic E-state index is 12.7. The molecular formula is C20H14F3NO5S. The van der Waals surface area contributed by atoms with Crippen molar-refractivity contribution in [2.45, 2.75) is 18.5 Å². The molecule has 1 atom stereocenters. The second kappa shape index (κ2) is 6.78. The molecule has 6 nitrogen and oxygen atoms in total. The van der Waals surface area contributed by atoms with E-state index in [4.69, 9.17) is 0 Å². The Morgan fingerprint density at radius 1 is 0.900 bits per heavy atom. The van der Waals surface area contributed by atoms with Crippen molar-refractivity contribution in [2.24, 2.45) is 0 Å². The predicted octanol–water partition coefficient (Wildman–Crippen LogP) is 3.84. The van der Waals surface area contributed by atoms with Gasteiger partial charge in [-0.05, 0) is 52.7 Å². The number of imide groups is 1. The molecule has 3 aromatic carbocycles. The average Bonchev–Trinajstić information content (AvgIpc) is 2.87. The molecule has 0 aromatic heterocycles. The van der Waals surface area contributed by atoms with Crippen molar-refractivity contribution in [3.63, 3.8) is 0 Å². The van der Waals surface area contributed by atoms with Gasteiger partial charge in [-0.1, -0.05) is 24.3 Å². The normalized spacial score (nSPS) is 15.8. The average molecular weight is 437 g/mol. The standard InChI is InChI=1S/C20H14F3NO5S/c1-11(29-30(27,28)20(21,22)23)10-24-18(25)16-8-14-6-12-4-2-3-5-13(12)7-15(14)9-17(16)19(24)26/h2-9,11H,10H2,1H3. The summed E-state index contributed by atoms with van der Waals surface area (Å²) in [5.74, 6) is -1.44. The van der Waals surface area contributed by atoms with Gasteiger partial charge < -0.3 is 0 Å². The topological polar surface area (TPSA) is 80.8 Å². The van der Waals surface area contributed by atoms with Gasteiger partial charge in [0.25, 0.3) is 11.8 Å². The zero-order chi connectivity index (χ0) is 21.8. The lowest BCUT2D eigenvalue weighted by atomic mass is 9.99. The molecule has 1 heterocycles. The third kappa shape index (κ3) is 3.31. The number of carbonyl (C=O) groups is 2. The molecule has 0 saturated heterocycles. The van der Waals surface area contributed by atoms with E-state index < -0.39 is 40.1 Å². The van der Waals surface area contributed by atoms with E-state index in [-0.39, 0.29) is 11.1 Å². The number of amides is 2. The van der Waals surface area contributed by atoms with E-state index in [1.54, 1.807) is 12.1 Å². The molecule has 4 rings (SSSR count). The lowest BCUT2D eigenvalue weighted by molar-refractivity contribution is -0.0571. The number of fused-ring (bicyclic) bond motifs is 3. The van der Waals surface area contributed by atoms with Crippen molar-refractivity contribution >= 4 is 43.5 Å². The highest BCUT2D eigenvalue weighted by Crippen LogP contribution is 2.31. The van der Waals surface area contributed by atoms with E-state index in [0.29, 0.717) is 4.90 Å². The van der Waals surface area contributed by atoms with Gasteiger partial charge in [0.05, 0.1) is 23.8 Å². The minimum Gasteiger partial charge on any atom is -0.272 e. The smallest absolute Gasteiger partial charge is 0.272 e. The molecule has 30 heavy (non-hydrogen) atoms. The van der Waals surface area contributed by atoms with E-state index in [0.717, 1.165) is 28.5 Å². The molecule has 1 aliphatic heterocycles. The SMILES string of the molecule is CC(CN1C(=O)c2cc3cc4ccccc4cc3cc2C1=O)OS(=O)(=O)C(F)(F)F. The first-order chi connectivity index (χ1) is 14.0. The zero-order valence-corrected chi connectivity index (χ0v) is 16.3. The van der Waals surface area contributed by atoms with Crippen LogP contribution in [0.25, 0.3) is 21.5 Å². The van der Waals surface area contributed by atoms with E-state index in [2.05, 4.69) is 4.18 Å². The van der Waals surface area contributed by atoms with Gasteiger partial charge in [0, 0.05) is 0 Å². The maximum atomic E-state index is 12.7. The van der Waals surface area contributed by atoms with Gasteiger partial charge in [-0.3, -0.25) is 18.7 Å². The van der Waals surface area contributed by atoms with Crippen LogP contribution in [0.1, 0.15) is 27.6 Å². The van der Waals surface area contributed by atoms with Crippen molar-refractivity contribution < 1.29 is 35.4 Å². The van der Waals surface area contributed by atoms with Gasteiger partial charge in [0.2, 0.25) is 0 Å². The lowest BCUT2D eigenvalue weighted by Crippen LogP contribution is -2.39. The Bertz CT molecular complexity index is 1240. The van der Waals surface area contributed by atoms with Crippen molar-refractivity contribution in [3.8, 4) is 0 Å². The number of alkyl halides is 3. The fraction of sp³-hybridized carbons (Fsp3) is 0.200. The fourth-order valence-electron chi connectivity index (χ4n) is 3.45. The van der Waals surface area contributed by atoms with Gasteiger partial charge in [-0.25, -0.2) is 0 Å². The van der Waals surface area contributed by atoms with E-state index in [1.165, 1.54) is 0 Å². The summed E-state index contributed by atoms with van der Waals surface area (Å²) in [4.78, 5) is 26.1. The van der Waals surface area contributed by atoms with Crippen LogP contribution in [0.3, 0.4) is 0 Å². The maximum Gasteiger partial charge on any atom is 0.523 e. The molecular weight excluding hydrogens is 423 g/mol. The van der Waals surface area contributed by atoms with Crippen LogP contribution in [0.2, 0.25) is 0 Å². The zero-order valence-electron chi connectivity index (χ0n) is 15.4. The lowest BCUT2D eigenvalue weighted by Gasteiger charge is -2.19. The molecule has 0 N–H and O–H groups in total. The third-order valence-electron chi connectivity index (χ3n) is 4.81. The number of nitrogens with zero attached hydrogens (tertiary/aromatic N) is 1. The molecule has 0 aliphatic carbocycles. The van der Waals surface area contributed by atoms with Crippen LogP contribution in [0.15, 0.2) is 48.5 Å². The van der Waals surface area contributed by atoms with Gasteiger partial charge in [-0.15, -0.1) is 0 Å². The molecule has 0 spiro atoms.